The van der Waals surface area contributed by atoms with E-state index in [-0.39, 0.29) is 38.5 Å². The van der Waals surface area contributed by atoms with Crippen LogP contribution in [0.5, 0.6) is 0 Å². The van der Waals surface area contributed by atoms with E-state index in [1.807, 2.05) is 32.0 Å². The Labute approximate surface area is 212 Å². The molecule has 4 rings (SSSR count). The van der Waals surface area contributed by atoms with Crippen molar-refractivity contribution >= 4 is 55.7 Å². The van der Waals surface area contributed by atoms with Crippen molar-refractivity contribution in [3.05, 3.63) is 97.0 Å². The molecule has 0 saturated heterocycles. The van der Waals surface area contributed by atoms with Crippen molar-refractivity contribution in [2.24, 2.45) is 0 Å². The topological polar surface area (TPSA) is 81.1 Å². The van der Waals surface area contributed by atoms with Crippen molar-refractivity contribution in [2.75, 3.05) is 6.54 Å². The van der Waals surface area contributed by atoms with Gasteiger partial charge in [0.05, 0.1) is 26.6 Å². The number of nitrogens with zero attached hydrogens (tertiary/aromatic N) is 2. The standard InChI is InChI=1S/C24H20Cl3N3O3S/c1-14-7-8-21(15(2)11-14)30-22(29-20-6-4-3-5-17(20)24(30)31)9-10-28-34(32,33)23-18(26)12-16(25)13-19(23)27/h3-8,11-13,28H,9-10H2,1-2H3. The Morgan fingerprint density at radius 1 is 0.971 bits per heavy atom. The SMILES string of the molecule is Cc1ccc(-n2c(CCNS(=O)(=O)c3c(Cl)cc(Cl)cc3Cl)nc3ccccc3c2=O)c(C)c1. The van der Waals surface area contributed by atoms with E-state index in [9.17, 15) is 13.2 Å². The lowest BCUT2D eigenvalue weighted by atomic mass is 10.1. The highest BCUT2D eigenvalue weighted by Gasteiger charge is 2.23. The van der Waals surface area contributed by atoms with E-state index in [2.05, 4.69) is 9.71 Å². The summed E-state index contributed by atoms with van der Waals surface area (Å²) in [7, 11) is -4.04. The van der Waals surface area contributed by atoms with Crippen LogP contribution in [0.3, 0.4) is 0 Å². The quantitative estimate of drug-likeness (QED) is 0.354. The van der Waals surface area contributed by atoms with Gasteiger partial charge in [0.15, 0.2) is 0 Å². The Bertz CT molecular complexity index is 1560. The van der Waals surface area contributed by atoms with Crippen LogP contribution in [0.4, 0.5) is 0 Å². The van der Waals surface area contributed by atoms with Crippen molar-refractivity contribution in [2.45, 2.75) is 25.2 Å². The molecule has 0 unspecified atom stereocenters. The van der Waals surface area contributed by atoms with E-state index in [1.54, 1.807) is 24.3 Å². The van der Waals surface area contributed by atoms with E-state index >= 15 is 0 Å². The Morgan fingerprint density at radius 3 is 2.32 bits per heavy atom. The van der Waals surface area contributed by atoms with Gasteiger partial charge in [-0.2, -0.15) is 0 Å². The summed E-state index contributed by atoms with van der Waals surface area (Å²) in [5.41, 5.74) is 2.97. The van der Waals surface area contributed by atoms with E-state index in [0.29, 0.717) is 22.4 Å². The van der Waals surface area contributed by atoms with Gasteiger partial charge in [-0.25, -0.2) is 18.1 Å². The summed E-state index contributed by atoms with van der Waals surface area (Å²) in [6, 6.07) is 15.4. The maximum absolute atomic E-state index is 13.4. The normalized spacial score (nSPS) is 11.8. The molecular formula is C24H20Cl3N3O3S. The minimum atomic E-state index is -4.04. The highest BCUT2D eigenvalue weighted by Crippen LogP contribution is 2.32. The summed E-state index contributed by atoms with van der Waals surface area (Å²) >= 11 is 18.1. The van der Waals surface area contributed by atoms with Crippen molar-refractivity contribution in [1.29, 1.82) is 0 Å². The zero-order valence-corrected chi connectivity index (χ0v) is 21.4. The molecule has 3 aromatic carbocycles. The number of nitrogens with one attached hydrogen (secondary N) is 1. The lowest BCUT2D eigenvalue weighted by Gasteiger charge is -2.16. The van der Waals surface area contributed by atoms with Crippen LogP contribution in [0.15, 0.2) is 64.3 Å². The van der Waals surface area contributed by atoms with Gasteiger partial charge in [-0.1, -0.05) is 64.6 Å². The van der Waals surface area contributed by atoms with Crippen LogP contribution >= 0.6 is 34.8 Å². The largest absolute Gasteiger partial charge is 0.268 e. The third-order valence-corrected chi connectivity index (χ3v) is 7.91. The number of rotatable bonds is 6. The van der Waals surface area contributed by atoms with Crippen molar-refractivity contribution in [3.63, 3.8) is 0 Å². The van der Waals surface area contributed by atoms with Crippen LogP contribution in [0.25, 0.3) is 16.6 Å². The van der Waals surface area contributed by atoms with Crippen LogP contribution in [0.1, 0.15) is 17.0 Å². The van der Waals surface area contributed by atoms with E-state index in [4.69, 9.17) is 34.8 Å². The number of halogens is 3. The second-order valence-corrected chi connectivity index (χ2v) is 10.8. The fraction of sp³-hybridized carbons (Fsp3) is 0.167. The molecule has 1 heterocycles. The molecule has 0 aliphatic rings. The summed E-state index contributed by atoms with van der Waals surface area (Å²) in [6.07, 6.45) is 0.148. The maximum Gasteiger partial charge on any atom is 0.265 e. The number of benzene rings is 3. The van der Waals surface area contributed by atoms with Gasteiger partial charge in [0.2, 0.25) is 10.0 Å². The molecule has 0 aliphatic heterocycles. The molecule has 1 aromatic heterocycles. The maximum atomic E-state index is 13.4. The summed E-state index contributed by atoms with van der Waals surface area (Å²) in [5.74, 6) is 0.423. The fourth-order valence-corrected chi connectivity index (χ4v) is 6.38. The minimum absolute atomic E-state index is 0.0344. The molecule has 1 N–H and O–H groups in total. The highest BCUT2D eigenvalue weighted by molar-refractivity contribution is 7.89. The average Bonchev–Trinajstić information content (AvgIpc) is 2.74. The summed E-state index contributed by atoms with van der Waals surface area (Å²) < 4.78 is 29.8. The Morgan fingerprint density at radius 2 is 1.65 bits per heavy atom. The predicted molar refractivity (Wildman–Crippen MR) is 137 cm³/mol. The molecular weight excluding hydrogens is 517 g/mol. The lowest BCUT2D eigenvalue weighted by molar-refractivity contribution is 0.580. The third kappa shape index (κ3) is 4.85. The molecule has 10 heteroatoms. The molecule has 0 fully saturated rings. The van der Waals surface area contributed by atoms with Gasteiger partial charge in [-0.15, -0.1) is 0 Å². The van der Waals surface area contributed by atoms with Gasteiger partial charge in [-0.3, -0.25) is 9.36 Å². The molecule has 0 saturated carbocycles. The summed E-state index contributed by atoms with van der Waals surface area (Å²) in [4.78, 5) is 17.8. The molecule has 176 valence electrons. The van der Waals surface area contributed by atoms with Crippen LogP contribution < -0.4 is 10.3 Å². The molecule has 0 spiro atoms. The zero-order chi connectivity index (χ0) is 24.6. The molecule has 6 nitrogen and oxygen atoms in total. The first-order chi connectivity index (χ1) is 16.1. The van der Waals surface area contributed by atoms with E-state index in [0.717, 1.165) is 11.1 Å². The first-order valence-electron chi connectivity index (χ1n) is 10.3. The van der Waals surface area contributed by atoms with Crippen molar-refractivity contribution in [1.82, 2.24) is 14.3 Å². The molecule has 0 amide bonds. The van der Waals surface area contributed by atoms with E-state index in [1.165, 1.54) is 16.7 Å². The van der Waals surface area contributed by atoms with Crippen LogP contribution in [0, 0.1) is 13.8 Å². The second-order valence-electron chi connectivity index (χ2n) is 7.82. The van der Waals surface area contributed by atoms with E-state index < -0.39 is 10.0 Å². The van der Waals surface area contributed by atoms with Gasteiger partial charge in [-0.05, 0) is 49.7 Å². The average molecular weight is 537 g/mol. The molecule has 0 atom stereocenters. The monoisotopic (exact) mass is 535 g/mol. The van der Waals surface area contributed by atoms with Gasteiger partial charge >= 0.3 is 0 Å². The van der Waals surface area contributed by atoms with Gasteiger partial charge in [0, 0.05) is 18.0 Å². The number of aromatic nitrogens is 2. The summed E-state index contributed by atoms with van der Waals surface area (Å²) in [5, 5.41) is 0.542. The van der Waals surface area contributed by atoms with Crippen molar-refractivity contribution < 1.29 is 8.42 Å². The smallest absolute Gasteiger partial charge is 0.265 e. The fourth-order valence-electron chi connectivity index (χ4n) is 3.81. The number of fused-ring (bicyclic) bond motifs is 1. The Balaban J connectivity index is 1.73. The minimum Gasteiger partial charge on any atom is -0.268 e. The number of hydrogen-bond acceptors (Lipinski definition) is 4. The molecule has 4 aromatic rings. The Kier molecular flexibility index (Phi) is 7.03. The van der Waals surface area contributed by atoms with Gasteiger partial charge < -0.3 is 0 Å². The highest BCUT2D eigenvalue weighted by atomic mass is 35.5. The van der Waals surface area contributed by atoms with Gasteiger partial charge in [0.25, 0.3) is 5.56 Å². The molecule has 0 bridgehead atoms. The summed E-state index contributed by atoms with van der Waals surface area (Å²) in [6.45, 7) is 3.86. The molecule has 0 aliphatic carbocycles. The third-order valence-electron chi connectivity index (χ3n) is 5.31. The second kappa shape index (κ2) is 9.68. The first-order valence-corrected chi connectivity index (χ1v) is 12.9. The predicted octanol–water partition coefficient (Wildman–Crippen LogP) is 5.48. The molecule has 34 heavy (non-hydrogen) atoms. The number of hydrogen-bond donors (Lipinski definition) is 1. The van der Waals surface area contributed by atoms with Crippen LogP contribution in [0.2, 0.25) is 15.1 Å². The van der Waals surface area contributed by atoms with Crippen LogP contribution in [-0.4, -0.2) is 24.5 Å². The number of sulfonamides is 1. The first kappa shape index (κ1) is 24.7. The Hall–Kier alpha value is -2.42. The number of aryl methyl sites for hydroxylation is 2. The van der Waals surface area contributed by atoms with Crippen LogP contribution in [-0.2, 0) is 16.4 Å². The number of para-hydroxylation sites is 1. The van der Waals surface area contributed by atoms with Crippen molar-refractivity contribution in [3.8, 4) is 5.69 Å². The molecule has 0 radical (unpaired) electrons. The zero-order valence-electron chi connectivity index (χ0n) is 18.3. The lowest BCUT2D eigenvalue weighted by Crippen LogP contribution is -2.30. The van der Waals surface area contributed by atoms with Gasteiger partial charge in [0.1, 0.15) is 10.7 Å².